The van der Waals surface area contributed by atoms with Gasteiger partial charge in [0.2, 0.25) is 5.91 Å². The van der Waals surface area contributed by atoms with E-state index >= 15 is 0 Å². The molecule has 0 aliphatic rings. The number of nitrogens with one attached hydrogen (secondary N) is 2. The van der Waals surface area contributed by atoms with Gasteiger partial charge in [0.1, 0.15) is 0 Å². The molecule has 5 nitrogen and oxygen atoms in total. The minimum Gasteiger partial charge on any atom is -0.478 e. The van der Waals surface area contributed by atoms with Gasteiger partial charge >= 0.3 is 5.97 Å². The van der Waals surface area contributed by atoms with Gasteiger partial charge in [-0.25, -0.2) is 4.79 Å². The van der Waals surface area contributed by atoms with Gasteiger partial charge in [0.25, 0.3) is 0 Å². The summed E-state index contributed by atoms with van der Waals surface area (Å²) in [7, 11) is 0. The summed E-state index contributed by atoms with van der Waals surface area (Å²) in [6.45, 7) is 2.00. The molecule has 0 aliphatic carbocycles. The van der Waals surface area contributed by atoms with Gasteiger partial charge < -0.3 is 15.7 Å². The number of hydrogen-bond donors (Lipinski definition) is 3. The number of anilines is 2. The number of para-hydroxylation sites is 1. The van der Waals surface area contributed by atoms with Gasteiger partial charge in [0, 0.05) is 24.8 Å². The summed E-state index contributed by atoms with van der Waals surface area (Å²) in [6.07, 6.45) is 0. The van der Waals surface area contributed by atoms with Crippen LogP contribution in [0.5, 0.6) is 0 Å². The fourth-order valence-electron chi connectivity index (χ4n) is 1.91. The van der Waals surface area contributed by atoms with E-state index in [2.05, 4.69) is 10.6 Å². The lowest BCUT2D eigenvalue weighted by atomic mass is 10.1. The Morgan fingerprint density at radius 1 is 1.05 bits per heavy atom. The Hall–Kier alpha value is -2.82. The molecule has 0 saturated carbocycles. The quantitative estimate of drug-likeness (QED) is 0.788. The zero-order valence-electron chi connectivity index (χ0n) is 11.6. The third kappa shape index (κ3) is 4.07. The molecule has 2 aromatic carbocycles. The molecule has 0 saturated heterocycles. The minimum atomic E-state index is -0.947. The maximum atomic E-state index is 11.2. The number of carbonyl (C=O) groups is 2. The van der Waals surface area contributed by atoms with Crippen LogP contribution in [0.25, 0.3) is 0 Å². The standard InChI is InChI=1S/C16H16N2O3/c1-11(19)18-15-5-3-2-4-13(15)10-17-14-8-6-12(7-9-14)16(20)21/h2-9,17H,10H2,1H3,(H,18,19)(H,20,21). The third-order valence-corrected chi connectivity index (χ3v) is 2.94. The molecule has 5 heteroatoms. The lowest BCUT2D eigenvalue weighted by Gasteiger charge is -2.11. The number of rotatable bonds is 5. The number of aromatic carboxylic acids is 1. The highest BCUT2D eigenvalue weighted by atomic mass is 16.4. The maximum Gasteiger partial charge on any atom is 0.335 e. The molecule has 0 heterocycles. The highest BCUT2D eigenvalue weighted by molar-refractivity contribution is 5.89. The van der Waals surface area contributed by atoms with Crippen molar-refractivity contribution >= 4 is 23.3 Å². The van der Waals surface area contributed by atoms with E-state index in [1.54, 1.807) is 24.3 Å². The monoisotopic (exact) mass is 284 g/mol. The first-order valence-electron chi connectivity index (χ1n) is 6.49. The zero-order valence-corrected chi connectivity index (χ0v) is 11.6. The van der Waals surface area contributed by atoms with E-state index < -0.39 is 5.97 Å². The molecule has 108 valence electrons. The summed E-state index contributed by atoms with van der Waals surface area (Å²) in [6, 6.07) is 14.0. The van der Waals surface area contributed by atoms with Crippen LogP contribution in [0.15, 0.2) is 48.5 Å². The molecule has 0 fully saturated rings. The molecular formula is C16H16N2O3. The summed E-state index contributed by atoms with van der Waals surface area (Å²) in [5, 5.41) is 14.8. The van der Waals surface area contributed by atoms with Gasteiger partial charge in [-0.3, -0.25) is 4.79 Å². The van der Waals surface area contributed by atoms with Crippen molar-refractivity contribution < 1.29 is 14.7 Å². The minimum absolute atomic E-state index is 0.117. The molecule has 0 unspecified atom stereocenters. The van der Waals surface area contributed by atoms with Gasteiger partial charge in [0.15, 0.2) is 0 Å². The molecule has 0 spiro atoms. The molecule has 0 radical (unpaired) electrons. The van der Waals surface area contributed by atoms with Crippen molar-refractivity contribution in [2.24, 2.45) is 0 Å². The van der Waals surface area contributed by atoms with E-state index in [1.807, 2.05) is 24.3 Å². The second-order valence-electron chi connectivity index (χ2n) is 4.57. The molecule has 2 aromatic rings. The molecule has 3 N–H and O–H groups in total. The third-order valence-electron chi connectivity index (χ3n) is 2.94. The van der Waals surface area contributed by atoms with Gasteiger partial charge in [0.05, 0.1) is 5.56 Å². The Labute approximate surface area is 122 Å². The average molecular weight is 284 g/mol. The van der Waals surface area contributed by atoms with Crippen LogP contribution in [0.4, 0.5) is 11.4 Å². The Morgan fingerprint density at radius 3 is 2.33 bits per heavy atom. The average Bonchev–Trinajstić information content (AvgIpc) is 2.46. The molecule has 0 aliphatic heterocycles. The van der Waals surface area contributed by atoms with Gasteiger partial charge in [-0.2, -0.15) is 0 Å². The predicted molar refractivity (Wildman–Crippen MR) is 81.5 cm³/mol. The van der Waals surface area contributed by atoms with E-state index in [0.717, 1.165) is 16.9 Å². The van der Waals surface area contributed by atoms with Crippen LogP contribution < -0.4 is 10.6 Å². The fourth-order valence-corrected chi connectivity index (χ4v) is 1.91. The zero-order chi connectivity index (χ0) is 15.2. The Morgan fingerprint density at radius 2 is 1.71 bits per heavy atom. The fraction of sp³-hybridized carbons (Fsp3) is 0.125. The van der Waals surface area contributed by atoms with Crippen molar-refractivity contribution in [3.8, 4) is 0 Å². The summed E-state index contributed by atoms with van der Waals surface area (Å²) >= 11 is 0. The van der Waals surface area contributed by atoms with Crippen molar-refractivity contribution in [1.29, 1.82) is 0 Å². The summed E-state index contributed by atoms with van der Waals surface area (Å²) in [4.78, 5) is 21.9. The summed E-state index contributed by atoms with van der Waals surface area (Å²) < 4.78 is 0. The Bertz CT molecular complexity index is 651. The maximum absolute atomic E-state index is 11.2. The van der Waals surface area contributed by atoms with Crippen molar-refractivity contribution in [2.75, 3.05) is 10.6 Å². The van der Waals surface area contributed by atoms with Crippen molar-refractivity contribution in [1.82, 2.24) is 0 Å². The number of carbonyl (C=O) groups excluding carboxylic acids is 1. The smallest absolute Gasteiger partial charge is 0.335 e. The molecule has 0 atom stereocenters. The lowest BCUT2D eigenvalue weighted by Crippen LogP contribution is -2.10. The number of amides is 1. The first-order valence-corrected chi connectivity index (χ1v) is 6.49. The second-order valence-corrected chi connectivity index (χ2v) is 4.57. The molecule has 1 amide bonds. The number of benzene rings is 2. The molecule has 0 aromatic heterocycles. The summed E-state index contributed by atoms with van der Waals surface area (Å²) in [5.41, 5.74) is 2.78. The van der Waals surface area contributed by atoms with Crippen molar-refractivity contribution in [3.05, 3.63) is 59.7 Å². The normalized spacial score (nSPS) is 9.95. The van der Waals surface area contributed by atoms with Crippen LogP contribution in [-0.2, 0) is 11.3 Å². The number of carboxylic acids is 1. The van der Waals surface area contributed by atoms with Crippen LogP contribution in [0, 0.1) is 0 Å². The largest absolute Gasteiger partial charge is 0.478 e. The van der Waals surface area contributed by atoms with Crippen LogP contribution in [0.1, 0.15) is 22.8 Å². The predicted octanol–water partition coefficient (Wildman–Crippen LogP) is 2.96. The first kappa shape index (κ1) is 14.6. The van der Waals surface area contributed by atoms with Crippen LogP contribution in [-0.4, -0.2) is 17.0 Å². The topological polar surface area (TPSA) is 78.4 Å². The summed E-state index contributed by atoms with van der Waals surface area (Å²) in [5.74, 6) is -1.06. The first-order chi connectivity index (χ1) is 10.1. The highest BCUT2D eigenvalue weighted by Gasteiger charge is 2.04. The van der Waals surface area contributed by atoms with Crippen LogP contribution >= 0.6 is 0 Å². The van der Waals surface area contributed by atoms with Crippen molar-refractivity contribution in [2.45, 2.75) is 13.5 Å². The Balaban J connectivity index is 2.06. The molecule has 21 heavy (non-hydrogen) atoms. The van der Waals surface area contributed by atoms with Gasteiger partial charge in [-0.15, -0.1) is 0 Å². The Kier molecular flexibility index (Phi) is 4.56. The van der Waals surface area contributed by atoms with E-state index in [0.29, 0.717) is 6.54 Å². The SMILES string of the molecule is CC(=O)Nc1ccccc1CNc1ccc(C(=O)O)cc1. The van der Waals surface area contributed by atoms with E-state index in [9.17, 15) is 9.59 Å². The lowest BCUT2D eigenvalue weighted by molar-refractivity contribution is -0.114. The van der Waals surface area contributed by atoms with E-state index in [1.165, 1.54) is 6.92 Å². The second kappa shape index (κ2) is 6.56. The van der Waals surface area contributed by atoms with Gasteiger partial charge in [-0.05, 0) is 35.9 Å². The van der Waals surface area contributed by atoms with E-state index in [4.69, 9.17) is 5.11 Å². The van der Waals surface area contributed by atoms with E-state index in [-0.39, 0.29) is 11.5 Å². The number of carboxylic acid groups (broad SMARTS) is 1. The van der Waals surface area contributed by atoms with Crippen molar-refractivity contribution in [3.63, 3.8) is 0 Å². The van der Waals surface area contributed by atoms with Crippen LogP contribution in [0.3, 0.4) is 0 Å². The molecule has 0 bridgehead atoms. The molecular weight excluding hydrogens is 268 g/mol. The number of hydrogen-bond acceptors (Lipinski definition) is 3. The van der Waals surface area contributed by atoms with Gasteiger partial charge in [-0.1, -0.05) is 18.2 Å². The molecule has 2 rings (SSSR count). The van der Waals surface area contributed by atoms with Crippen LogP contribution in [0.2, 0.25) is 0 Å². The highest BCUT2D eigenvalue weighted by Crippen LogP contribution is 2.17.